The molecule has 2 aromatic carbocycles. The van der Waals surface area contributed by atoms with Gasteiger partial charge in [-0.1, -0.05) is 24.3 Å². The molecule has 0 radical (unpaired) electrons. The molecule has 1 aliphatic carbocycles. The minimum Gasteiger partial charge on any atom is -0.388 e. The number of carbonyl (C=O) groups excluding carboxylic acids is 2. The number of nitrogens with one attached hydrogen (secondary N) is 1. The first kappa shape index (κ1) is 14.9. The summed E-state index contributed by atoms with van der Waals surface area (Å²) < 4.78 is 0. The zero-order valence-corrected chi connectivity index (χ0v) is 13.8. The first-order chi connectivity index (χ1) is 11.7. The minimum atomic E-state index is -0.0663. The van der Waals surface area contributed by atoms with Gasteiger partial charge in [0.25, 0.3) is 0 Å². The van der Waals surface area contributed by atoms with E-state index in [0.29, 0.717) is 22.3 Å². The van der Waals surface area contributed by atoms with Crippen LogP contribution in [0.4, 0.5) is 11.4 Å². The van der Waals surface area contributed by atoms with Crippen LogP contribution in [0.1, 0.15) is 51.1 Å². The van der Waals surface area contributed by atoms with Crippen LogP contribution in [0.2, 0.25) is 0 Å². The molecule has 0 bridgehead atoms. The van der Waals surface area contributed by atoms with Gasteiger partial charge in [0.2, 0.25) is 0 Å². The normalized spacial score (nSPS) is 16.6. The van der Waals surface area contributed by atoms with Crippen LogP contribution in [0.15, 0.2) is 36.4 Å². The highest BCUT2D eigenvalue weighted by molar-refractivity contribution is 6.31. The molecule has 2 aromatic rings. The Morgan fingerprint density at radius 1 is 0.833 bits per heavy atom. The summed E-state index contributed by atoms with van der Waals surface area (Å²) in [7, 11) is 1.79. The van der Waals surface area contributed by atoms with Gasteiger partial charge in [-0.3, -0.25) is 9.59 Å². The maximum absolute atomic E-state index is 13.2. The summed E-state index contributed by atoms with van der Waals surface area (Å²) in [4.78, 5) is 28.5. The number of hydrogen-bond acceptors (Lipinski definition) is 4. The van der Waals surface area contributed by atoms with Crippen LogP contribution in [0.3, 0.4) is 0 Å². The van der Waals surface area contributed by atoms with Gasteiger partial charge in [0.05, 0.1) is 11.1 Å². The van der Waals surface area contributed by atoms with Crippen molar-refractivity contribution < 1.29 is 9.59 Å². The fourth-order valence-electron chi connectivity index (χ4n) is 3.81. The highest BCUT2D eigenvalue weighted by Crippen LogP contribution is 2.38. The second-order valence-corrected chi connectivity index (χ2v) is 6.38. The van der Waals surface area contributed by atoms with Crippen LogP contribution in [0.5, 0.6) is 0 Å². The van der Waals surface area contributed by atoms with E-state index in [0.717, 1.165) is 37.3 Å². The molecule has 2 aliphatic rings. The van der Waals surface area contributed by atoms with Gasteiger partial charge in [0.1, 0.15) is 0 Å². The summed E-state index contributed by atoms with van der Waals surface area (Å²) in [5.41, 5.74) is 3.72. The highest BCUT2D eigenvalue weighted by Gasteiger charge is 2.34. The van der Waals surface area contributed by atoms with Gasteiger partial charge in [0, 0.05) is 42.6 Å². The Morgan fingerprint density at radius 3 is 2.08 bits per heavy atom. The number of benzene rings is 2. The van der Waals surface area contributed by atoms with E-state index < -0.39 is 0 Å². The molecule has 24 heavy (non-hydrogen) atoms. The van der Waals surface area contributed by atoms with Crippen molar-refractivity contribution >= 4 is 22.9 Å². The van der Waals surface area contributed by atoms with Crippen LogP contribution in [-0.4, -0.2) is 31.7 Å². The fourth-order valence-corrected chi connectivity index (χ4v) is 3.81. The van der Waals surface area contributed by atoms with Crippen LogP contribution >= 0.6 is 0 Å². The molecule has 1 N–H and O–H groups in total. The van der Waals surface area contributed by atoms with Crippen LogP contribution in [-0.2, 0) is 0 Å². The highest BCUT2D eigenvalue weighted by atomic mass is 16.1. The molecule has 4 heteroatoms. The molecular weight excluding hydrogens is 300 g/mol. The third-order valence-electron chi connectivity index (χ3n) is 5.02. The van der Waals surface area contributed by atoms with Crippen molar-refractivity contribution in [2.75, 3.05) is 30.4 Å². The predicted octanol–water partition coefficient (Wildman–Crippen LogP) is 3.49. The molecule has 1 heterocycles. The van der Waals surface area contributed by atoms with Crippen molar-refractivity contribution in [2.24, 2.45) is 0 Å². The number of carbonyl (C=O) groups is 2. The van der Waals surface area contributed by atoms with E-state index in [1.165, 1.54) is 6.42 Å². The van der Waals surface area contributed by atoms with Crippen molar-refractivity contribution in [1.82, 2.24) is 0 Å². The molecule has 1 fully saturated rings. The summed E-state index contributed by atoms with van der Waals surface area (Å²) in [6.45, 7) is 1.88. The van der Waals surface area contributed by atoms with E-state index in [1.807, 2.05) is 24.3 Å². The number of piperidine rings is 1. The summed E-state index contributed by atoms with van der Waals surface area (Å²) in [5, 5.41) is 3.08. The summed E-state index contributed by atoms with van der Waals surface area (Å²) in [6, 6.07) is 11.0. The Morgan fingerprint density at radius 2 is 1.46 bits per heavy atom. The molecule has 0 saturated carbocycles. The van der Waals surface area contributed by atoms with Crippen LogP contribution in [0.25, 0.3) is 0 Å². The Hall–Kier alpha value is -2.62. The lowest BCUT2D eigenvalue weighted by Gasteiger charge is -2.32. The Balaban J connectivity index is 1.95. The predicted molar refractivity (Wildman–Crippen MR) is 95.4 cm³/mol. The van der Waals surface area contributed by atoms with Gasteiger partial charge < -0.3 is 10.2 Å². The molecule has 1 aliphatic heterocycles. The zero-order valence-electron chi connectivity index (χ0n) is 13.8. The number of anilines is 2. The molecule has 0 amide bonds. The molecule has 4 rings (SSSR count). The lowest BCUT2D eigenvalue weighted by Crippen LogP contribution is -2.33. The van der Waals surface area contributed by atoms with Crippen molar-refractivity contribution in [3.05, 3.63) is 58.7 Å². The third-order valence-corrected chi connectivity index (χ3v) is 5.02. The molecule has 0 unspecified atom stereocenters. The third kappa shape index (κ3) is 2.13. The monoisotopic (exact) mass is 320 g/mol. The van der Waals surface area contributed by atoms with Gasteiger partial charge in [-0.2, -0.15) is 0 Å². The Bertz CT molecular complexity index is 836. The smallest absolute Gasteiger partial charge is 0.196 e. The van der Waals surface area contributed by atoms with Crippen LogP contribution < -0.4 is 10.2 Å². The van der Waals surface area contributed by atoms with E-state index in [1.54, 1.807) is 19.2 Å². The fraction of sp³-hybridized carbons (Fsp3) is 0.300. The van der Waals surface area contributed by atoms with Crippen molar-refractivity contribution in [1.29, 1.82) is 0 Å². The van der Waals surface area contributed by atoms with Gasteiger partial charge in [-0.15, -0.1) is 0 Å². The van der Waals surface area contributed by atoms with Crippen molar-refractivity contribution in [2.45, 2.75) is 19.3 Å². The van der Waals surface area contributed by atoms with E-state index in [-0.39, 0.29) is 11.6 Å². The van der Waals surface area contributed by atoms with Crippen molar-refractivity contribution in [3.8, 4) is 0 Å². The van der Waals surface area contributed by atoms with Gasteiger partial charge in [0.15, 0.2) is 11.6 Å². The number of rotatable bonds is 2. The Labute approximate surface area is 141 Å². The number of nitrogens with zero attached hydrogens (tertiary/aromatic N) is 1. The topological polar surface area (TPSA) is 49.4 Å². The summed E-state index contributed by atoms with van der Waals surface area (Å²) >= 11 is 0. The average Bonchev–Trinajstić information content (AvgIpc) is 2.65. The molecular formula is C20H20N2O2. The van der Waals surface area contributed by atoms with Gasteiger partial charge >= 0.3 is 0 Å². The second-order valence-electron chi connectivity index (χ2n) is 6.38. The molecule has 122 valence electrons. The quantitative estimate of drug-likeness (QED) is 0.785. The van der Waals surface area contributed by atoms with Gasteiger partial charge in [-0.05, 0) is 31.4 Å². The maximum atomic E-state index is 13.2. The summed E-state index contributed by atoms with van der Waals surface area (Å²) in [5.74, 6) is -0.110. The summed E-state index contributed by atoms with van der Waals surface area (Å²) in [6.07, 6.45) is 3.48. The largest absolute Gasteiger partial charge is 0.388 e. The van der Waals surface area contributed by atoms with E-state index in [9.17, 15) is 9.59 Å². The van der Waals surface area contributed by atoms with E-state index in [2.05, 4.69) is 10.2 Å². The molecule has 0 aromatic heterocycles. The van der Waals surface area contributed by atoms with Gasteiger partial charge in [-0.25, -0.2) is 0 Å². The van der Waals surface area contributed by atoms with Crippen LogP contribution in [0, 0.1) is 0 Å². The molecule has 0 atom stereocenters. The Kier molecular flexibility index (Phi) is 3.60. The number of hydrogen-bond donors (Lipinski definition) is 1. The SMILES string of the molecule is CNc1ccc(N2CCCCC2)c2c1C(=O)c1ccccc1C2=O. The first-order valence-corrected chi connectivity index (χ1v) is 8.50. The second kappa shape index (κ2) is 5.78. The molecule has 4 nitrogen and oxygen atoms in total. The lowest BCUT2D eigenvalue weighted by atomic mass is 9.82. The molecule has 0 spiro atoms. The standard InChI is InChI=1S/C20H20N2O2/c1-21-15-9-10-16(22-11-5-2-6-12-22)18-17(15)19(23)13-7-3-4-8-14(13)20(18)24/h3-4,7-10,21H,2,5-6,11-12H2,1H3. The number of ketones is 2. The zero-order chi connectivity index (χ0) is 16.7. The molecule has 1 saturated heterocycles. The van der Waals surface area contributed by atoms with E-state index >= 15 is 0 Å². The maximum Gasteiger partial charge on any atom is 0.196 e. The first-order valence-electron chi connectivity index (χ1n) is 8.50. The van der Waals surface area contributed by atoms with E-state index in [4.69, 9.17) is 0 Å². The lowest BCUT2D eigenvalue weighted by molar-refractivity contribution is 0.0980. The average molecular weight is 320 g/mol. The number of fused-ring (bicyclic) bond motifs is 2. The van der Waals surface area contributed by atoms with Crippen molar-refractivity contribution in [3.63, 3.8) is 0 Å². The minimum absolute atomic E-state index is 0.0436.